The predicted octanol–water partition coefficient (Wildman–Crippen LogP) is -0.843. The molecular formula is C58H94N4O19. The van der Waals surface area contributed by atoms with Crippen LogP contribution in [0.25, 0.3) is 0 Å². The van der Waals surface area contributed by atoms with Crippen molar-refractivity contribution in [1.82, 2.24) is 20.4 Å². The number of aliphatic hydroxyl groups is 11. The average molecular weight is 1150 g/mol. The first kappa shape index (κ1) is 69.4. The molecule has 0 aromatic carbocycles. The molecule has 0 saturated carbocycles. The number of likely N-dealkylation sites (N-methyl/N-ethyl adjacent to an activating group) is 1. The van der Waals surface area contributed by atoms with Crippen LogP contribution in [0, 0.1) is 17.8 Å². The van der Waals surface area contributed by atoms with Crippen LogP contribution in [0.3, 0.4) is 0 Å². The summed E-state index contributed by atoms with van der Waals surface area (Å²) in [6.45, 7) is 8.80. The van der Waals surface area contributed by atoms with Crippen LogP contribution in [0.15, 0.2) is 85.1 Å². The van der Waals surface area contributed by atoms with Crippen molar-refractivity contribution in [3.05, 3.63) is 85.1 Å². The van der Waals surface area contributed by atoms with Crippen LogP contribution in [-0.4, -0.2) is 247 Å². The Hall–Kier alpha value is -4.09. The number of nitrogens with one attached hydrogen (secondary N) is 2. The number of aliphatic hydroxyl groups excluding tert-OH is 10. The molecule has 0 aromatic rings. The van der Waals surface area contributed by atoms with E-state index in [1.807, 2.05) is 42.2 Å². The Morgan fingerprint density at radius 1 is 0.704 bits per heavy atom. The highest BCUT2D eigenvalue weighted by atomic mass is 16.7. The van der Waals surface area contributed by atoms with Gasteiger partial charge in [-0.3, -0.25) is 19.3 Å². The number of carbonyl (C=O) groups is 3. The van der Waals surface area contributed by atoms with Gasteiger partial charge in [0.15, 0.2) is 12.1 Å². The van der Waals surface area contributed by atoms with Gasteiger partial charge in [0.25, 0.3) is 0 Å². The number of nitrogens with zero attached hydrogens (tertiary/aromatic N) is 2. The lowest BCUT2D eigenvalue weighted by molar-refractivity contribution is -0.308. The smallest absolute Gasteiger partial charge is 0.308 e. The normalized spacial score (nSPS) is 40.2. The quantitative estimate of drug-likeness (QED) is 0.0886. The molecule has 4 rings (SSSR count). The number of rotatable bonds is 11. The Balaban J connectivity index is 1.66. The summed E-state index contributed by atoms with van der Waals surface area (Å²) < 4.78 is 29.7. The number of amides is 2. The van der Waals surface area contributed by atoms with E-state index in [0.29, 0.717) is 26.2 Å². The Kier molecular flexibility index (Phi) is 30.8. The van der Waals surface area contributed by atoms with Gasteiger partial charge in [0.1, 0.15) is 24.9 Å². The first-order chi connectivity index (χ1) is 38.6. The fourth-order valence-electron chi connectivity index (χ4n) is 10.2. The van der Waals surface area contributed by atoms with Crippen LogP contribution in [-0.2, 0) is 38.1 Å². The molecule has 81 heavy (non-hydrogen) atoms. The molecule has 2 bridgehead atoms. The van der Waals surface area contributed by atoms with E-state index in [9.17, 15) is 70.6 Å². The fourth-order valence-corrected chi connectivity index (χ4v) is 10.2. The summed E-state index contributed by atoms with van der Waals surface area (Å²) in [6, 6.07) is -1.28. The lowest BCUT2D eigenvalue weighted by atomic mass is 9.81. The zero-order chi connectivity index (χ0) is 59.6. The summed E-state index contributed by atoms with van der Waals surface area (Å²) in [5, 5.41) is 128. The highest BCUT2D eigenvalue weighted by Gasteiger charge is 2.52. The van der Waals surface area contributed by atoms with Crippen molar-refractivity contribution in [3.63, 3.8) is 0 Å². The van der Waals surface area contributed by atoms with Gasteiger partial charge >= 0.3 is 5.97 Å². The standard InChI is InChI=1S/C58H94N4O19/c1-37-18-16-14-12-10-8-6-7-9-11-13-15-17-19-44(80-57-55(74)52(54(73)40(4)79-57)60-49(70)36-77-29-22-59-5)33-48-51(56(75)62-25-23-61(24-26-62)27-28-63)47(69)35-58(76,81-48)34-43(66)31-46(68)45(67)21-20-41(64)30-42(65)32-50(71)78-39(3)38(2)53(37)72/h6-19,37-48,51-55,57,59,63-69,72-74,76H,20-36H2,1-5H3,(H,60,70)/b7-6+,10-8+,11-9+,14-12+,15-13+,18-16+,19-17+/t37-,38-,39-,40-,41+,42+,43-,44-,45+,46+,47-,48-,51+,52-,53+,54+,55-,57+,58+/m0/s1. The van der Waals surface area contributed by atoms with Gasteiger partial charge in [0.2, 0.25) is 11.8 Å². The van der Waals surface area contributed by atoms with Crippen LogP contribution in [0.4, 0.5) is 0 Å². The molecule has 19 atom stereocenters. The van der Waals surface area contributed by atoms with E-state index in [0.717, 1.165) is 0 Å². The number of ether oxygens (including phenoxy) is 5. The average Bonchev–Trinajstić information content (AvgIpc) is 3.54. The lowest BCUT2D eigenvalue weighted by Crippen LogP contribution is -2.64. The summed E-state index contributed by atoms with van der Waals surface area (Å²) in [4.78, 5) is 43.8. The van der Waals surface area contributed by atoms with Gasteiger partial charge in [-0.25, -0.2) is 0 Å². The van der Waals surface area contributed by atoms with Gasteiger partial charge in [-0.2, -0.15) is 0 Å². The van der Waals surface area contributed by atoms with Crippen molar-refractivity contribution in [1.29, 1.82) is 0 Å². The van der Waals surface area contributed by atoms with Gasteiger partial charge in [-0.05, 0) is 40.2 Å². The van der Waals surface area contributed by atoms with Crippen LogP contribution in [0.1, 0.15) is 79.1 Å². The third-order valence-corrected chi connectivity index (χ3v) is 15.1. The monoisotopic (exact) mass is 1150 g/mol. The topological polar surface area (TPSA) is 350 Å². The molecule has 4 aliphatic rings. The molecule has 0 aromatic heterocycles. The number of fused-ring (bicyclic) bond motifs is 2. The number of hydrogen-bond donors (Lipinski definition) is 13. The van der Waals surface area contributed by atoms with E-state index in [-0.39, 0.29) is 64.5 Å². The molecule has 2 amide bonds. The van der Waals surface area contributed by atoms with Gasteiger partial charge in [-0.15, -0.1) is 0 Å². The molecule has 0 radical (unpaired) electrons. The highest BCUT2D eigenvalue weighted by molar-refractivity contribution is 5.80. The minimum Gasteiger partial charge on any atom is -0.462 e. The summed E-state index contributed by atoms with van der Waals surface area (Å²) in [5.74, 6) is -6.26. The van der Waals surface area contributed by atoms with Crippen LogP contribution < -0.4 is 10.6 Å². The second-order valence-corrected chi connectivity index (χ2v) is 21.8. The summed E-state index contributed by atoms with van der Waals surface area (Å²) in [7, 11) is 1.72. The molecule has 23 heteroatoms. The molecule has 460 valence electrons. The first-order valence-corrected chi connectivity index (χ1v) is 28.4. The zero-order valence-corrected chi connectivity index (χ0v) is 47.6. The lowest BCUT2D eigenvalue weighted by Gasteiger charge is -2.47. The molecule has 0 spiro atoms. The van der Waals surface area contributed by atoms with Crippen molar-refractivity contribution in [2.24, 2.45) is 17.8 Å². The molecule has 3 fully saturated rings. The van der Waals surface area contributed by atoms with E-state index in [4.69, 9.17) is 23.7 Å². The number of carbonyl (C=O) groups excluding carboxylic acids is 3. The Morgan fingerprint density at radius 3 is 1.94 bits per heavy atom. The second kappa shape index (κ2) is 35.9. The molecule has 13 N–H and O–H groups in total. The van der Waals surface area contributed by atoms with Crippen molar-refractivity contribution in [2.45, 2.75) is 177 Å². The van der Waals surface area contributed by atoms with Gasteiger partial charge in [-0.1, -0.05) is 98.9 Å². The van der Waals surface area contributed by atoms with Gasteiger partial charge in [0.05, 0.1) is 92.6 Å². The molecule has 0 aliphatic carbocycles. The Bertz CT molecular complexity index is 2080. The Labute approximate surface area is 476 Å². The number of esters is 1. The van der Waals surface area contributed by atoms with Crippen molar-refractivity contribution >= 4 is 17.8 Å². The molecule has 4 heterocycles. The zero-order valence-electron chi connectivity index (χ0n) is 47.6. The van der Waals surface area contributed by atoms with Crippen LogP contribution >= 0.6 is 0 Å². The SMILES string of the molecule is CNCCOCC(=O)N[C@@H]1[C@H](O)[C@@H](O[C@H]2/C=C/C=C/C=C/C=C/C=C/C=C/C=C/[C@H](C)[C@@H](O)[C@@H](C)[C@H](C)OC(=O)C[C@H](O)C[C@H](O)CC[C@@H](O)[C@H](O)C[C@H](O)C[C@]3(O)C[C@H](O)[C@@H](C(=O)N4CCN(CCO)CC4)[C@H](C2)O3)O[C@@H](C)[C@H]1O. The first-order valence-electron chi connectivity index (χ1n) is 28.4. The maximum absolute atomic E-state index is 14.6. The van der Waals surface area contributed by atoms with E-state index in [1.54, 1.807) is 80.5 Å². The second-order valence-electron chi connectivity index (χ2n) is 21.8. The van der Waals surface area contributed by atoms with Crippen LogP contribution in [0.2, 0.25) is 0 Å². The molecule has 4 aliphatic heterocycles. The van der Waals surface area contributed by atoms with Crippen LogP contribution in [0.5, 0.6) is 0 Å². The third kappa shape index (κ3) is 23.8. The summed E-state index contributed by atoms with van der Waals surface area (Å²) >= 11 is 0. The number of hydrogen-bond acceptors (Lipinski definition) is 21. The summed E-state index contributed by atoms with van der Waals surface area (Å²) in [6.07, 6.45) is 3.28. The molecular weight excluding hydrogens is 1060 g/mol. The van der Waals surface area contributed by atoms with E-state index in [1.165, 1.54) is 6.92 Å². The van der Waals surface area contributed by atoms with E-state index in [2.05, 4.69) is 10.6 Å². The largest absolute Gasteiger partial charge is 0.462 e. The fraction of sp³-hybridized carbons (Fsp3) is 0.707. The van der Waals surface area contributed by atoms with E-state index >= 15 is 0 Å². The Morgan fingerprint density at radius 2 is 1.32 bits per heavy atom. The van der Waals surface area contributed by atoms with Gasteiger partial charge in [0, 0.05) is 76.8 Å². The number of piperazine rings is 1. The van der Waals surface area contributed by atoms with Gasteiger partial charge < -0.3 is 95.4 Å². The van der Waals surface area contributed by atoms with Crippen molar-refractivity contribution in [3.8, 4) is 0 Å². The predicted molar refractivity (Wildman–Crippen MR) is 298 cm³/mol. The molecule has 0 unspecified atom stereocenters. The molecule has 23 nitrogen and oxygen atoms in total. The van der Waals surface area contributed by atoms with Crippen molar-refractivity contribution in [2.75, 3.05) is 66.1 Å². The maximum atomic E-state index is 14.6. The highest BCUT2D eigenvalue weighted by Crippen LogP contribution is 2.39. The number of β-amino-alcohol motifs (C(OH)–C–C–N with tert-alkyl or cyclic N) is 1. The number of allylic oxidation sites excluding steroid dienone is 12. The summed E-state index contributed by atoms with van der Waals surface area (Å²) in [5.41, 5.74) is 0. The molecule has 3 saturated heterocycles. The van der Waals surface area contributed by atoms with Crippen molar-refractivity contribution < 1.29 is 94.2 Å². The number of cyclic esters (lactones) is 1. The minimum atomic E-state index is -2.33. The maximum Gasteiger partial charge on any atom is 0.308 e. The minimum absolute atomic E-state index is 0.0750. The third-order valence-electron chi connectivity index (χ3n) is 15.1. The van der Waals surface area contributed by atoms with E-state index < -0.39 is 153 Å².